The minimum absolute atomic E-state index is 0.131. The van der Waals surface area contributed by atoms with Gasteiger partial charge < -0.3 is 19.5 Å². The molecule has 2 aliphatic heterocycles. The Labute approximate surface area is 151 Å². The van der Waals surface area contributed by atoms with Crippen molar-refractivity contribution in [2.24, 2.45) is 0 Å². The van der Waals surface area contributed by atoms with E-state index in [0.717, 1.165) is 37.6 Å². The number of ether oxygens (including phenoxy) is 1. The summed E-state index contributed by atoms with van der Waals surface area (Å²) in [6.45, 7) is 3.35. The van der Waals surface area contributed by atoms with E-state index < -0.39 is 0 Å². The van der Waals surface area contributed by atoms with Crippen LogP contribution in [0.2, 0.25) is 0 Å². The molecular weight excluding hydrogens is 332 g/mol. The Bertz CT molecular complexity index is 836. The highest BCUT2D eigenvalue weighted by molar-refractivity contribution is 5.93. The smallest absolute Gasteiger partial charge is 0.270 e. The lowest BCUT2D eigenvalue weighted by Gasteiger charge is -2.32. The topological polar surface area (TPSA) is 98.1 Å². The molecule has 4 rings (SSSR count). The fourth-order valence-electron chi connectivity index (χ4n) is 3.38. The summed E-state index contributed by atoms with van der Waals surface area (Å²) in [5.74, 6) is 0.601. The second-order valence-electron chi connectivity index (χ2n) is 6.50. The summed E-state index contributed by atoms with van der Waals surface area (Å²) in [6.07, 6.45) is 5.34. The highest BCUT2D eigenvalue weighted by Crippen LogP contribution is 2.24. The summed E-state index contributed by atoms with van der Waals surface area (Å²) in [7, 11) is 0. The van der Waals surface area contributed by atoms with Gasteiger partial charge in [0, 0.05) is 32.0 Å². The van der Waals surface area contributed by atoms with Gasteiger partial charge in [-0.1, -0.05) is 0 Å². The molecule has 0 aromatic carbocycles. The minimum Gasteiger partial charge on any atom is -0.368 e. The summed E-state index contributed by atoms with van der Waals surface area (Å²) < 4.78 is 5.86. The number of morpholine rings is 1. The standard InChI is InChI=1S/C18H20N6O2/c19-10-13-9-15(21-11-13)17(25)24-7-8-26-16(12-24)14-3-4-20-18(22-14)23-5-1-2-6-23/h3-4,9,11,16,21H,1-2,5-8,12H2/t16-/m0/s1. The zero-order valence-corrected chi connectivity index (χ0v) is 14.4. The van der Waals surface area contributed by atoms with Crippen molar-refractivity contribution in [1.29, 1.82) is 5.26 Å². The van der Waals surface area contributed by atoms with Gasteiger partial charge in [0.2, 0.25) is 5.95 Å². The summed E-state index contributed by atoms with van der Waals surface area (Å²) in [6, 6.07) is 5.44. The predicted octanol–water partition coefficient (Wildman–Crippen LogP) is 1.49. The molecule has 8 heteroatoms. The van der Waals surface area contributed by atoms with Crippen LogP contribution in [-0.4, -0.2) is 58.5 Å². The van der Waals surface area contributed by atoms with Crippen molar-refractivity contribution < 1.29 is 9.53 Å². The Balaban J connectivity index is 1.49. The number of nitriles is 1. The summed E-state index contributed by atoms with van der Waals surface area (Å²) in [5, 5.41) is 8.92. The molecule has 1 N–H and O–H groups in total. The first-order valence-corrected chi connectivity index (χ1v) is 8.82. The van der Waals surface area contributed by atoms with E-state index in [1.54, 1.807) is 17.2 Å². The Morgan fingerprint density at radius 1 is 1.35 bits per heavy atom. The molecule has 0 spiro atoms. The van der Waals surface area contributed by atoms with E-state index in [2.05, 4.69) is 19.9 Å². The molecule has 2 saturated heterocycles. The average molecular weight is 352 g/mol. The highest BCUT2D eigenvalue weighted by atomic mass is 16.5. The van der Waals surface area contributed by atoms with Crippen LogP contribution in [-0.2, 0) is 4.74 Å². The molecule has 8 nitrogen and oxygen atoms in total. The second-order valence-corrected chi connectivity index (χ2v) is 6.50. The number of carbonyl (C=O) groups excluding carboxylic acids is 1. The van der Waals surface area contributed by atoms with Crippen molar-refractivity contribution >= 4 is 11.9 Å². The van der Waals surface area contributed by atoms with Crippen molar-refractivity contribution in [3.8, 4) is 6.07 Å². The maximum atomic E-state index is 12.7. The molecule has 0 saturated carbocycles. The lowest BCUT2D eigenvalue weighted by Crippen LogP contribution is -2.42. The van der Waals surface area contributed by atoms with E-state index in [0.29, 0.717) is 31.0 Å². The molecule has 4 heterocycles. The van der Waals surface area contributed by atoms with E-state index in [4.69, 9.17) is 10.00 Å². The number of anilines is 1. The molecule has 0 unspecified atom stereocenters. The molecule has 0 aliphatic carbocycles. The maximum Gasteiger partial charge on any atom is 0.270 e. The van der Waals surface area contributed by atoms with E-state index in [1.807, 2.05) is 12.1 Å². The first-order valence-electron chi connectivity index (χ1n) is 8.82. The molecule has 0 radical (unpaired) electrons. The van der Waals surface area contributed by atoms with Gasteiger partial charge in [0.05, 0.1) is 24.4 Å². The van der Waals surface area contributed by atoms with E-state index >= 15 is 0 Å². The fourth-order valence-corrected chi connectivity index (χ4v) is 3.38. The first-order chi connectivity index (χ1) is 12.7. The molecule has 2 aliphatic rings. The SMILES string of the molecule is N#Cc1c[nH]c(C(=O)N2CCO[C@H](c3ccnc(N4CCCC4)n3)C2)c1. The van der Waals surface area contributed by atoms with Crippen LogP contribution < -0.4 is 4.90 Å². The Morgan fingerprint density at radius 3 is 2.96 bits per heavy atom. The number of nitrogens with zero attached hydrogens (tertiary/aromatic N) is 5. The number of hydrogen-bond acceptors (Lipinski definition) is 6. The number of nitrogens with one attached hydrogen (secondary N) is 1. The van der Waals surface area contributed by atoms with Crippen LogP contribution in [0.5, 0.6) is 0 Å². The van der Waals surface area contributed by atoms with Gasteiger partial charge in [0.1, 0.15) is 17.9 Å². The lowest BCUT2D eigenvalue weighted by molar-refractivity contribution is -0.0249. The number of hydrogen-bond donors (Lipinski definition) is 1. The van der Waals surface area contributed by atoms with Crippen molar-refractivity contribution in [1.82, 2.24) is 19.9 Å². The normalized spacial score (nSPS) is 20.2. The number of carbonyl (C=O) groups is 1. The lowest BCUT2D eigenvalue weighted by atomic mass is 10.2. The van der Waals surface area contributed by atoms with Crippen LogP contribution in [0.1, 0.15) is 40.7 Å². The van der Waals surface area contributed by atoms with Crippen LogP contribution in [0.3, 0.4) is 0 Å². The fraction of sp³-hybridized carbons (Fsp3) is 0.444. The summed E-state index contributed by atoms with van der Waals surface area (Å²) in [5.41, 5.74) is 1.66. The summed E-state index contributed by atoms with van der Waals surface area (Å²) in [4.78, 5) is 28.5. The van der Waals surface area contributed by atoms with E-state index in [-0.39, 0.29) is 12.0 Å². The van der Waals surface area contributed by atoms with Crippen molar-refractivity contribution in [2.45, 2.75) is 18.9 Å². The minimum atomic E-state index is -0.276. The van der Waals surface area contributed by atoms with Gasteiger partial charge in [-0.05, 0) is 25.0 Å². The molecule has 2 aromatic rings. The first kappa shape index (κ1) is 16.5. The van der Waals surface area contributed by atoms with Gasteiger partial charge in [-0.25, -0.2) is 9.97 Å². The molecule has 2 aromatic heterocycles. The molecule has 26 heavy (non-hydrogen) atoms. The van der Waals surface area contributed by atoms with Crippen LogP contribution in [0.15, 0.2) is 24.5 Å². The monoisotopic (exact) mass is 352 g/mol. The number of H-pyrrole nitrogens is 1. The Kier molecular flexibility index (Phi) is 4.54. The third kappa shape index (κ3) is 3.26. The largest absolute Gasteiger partial charge is 0.368 e. The summed E-state index contributed by atoms with van der Waals surface area (Å²) >= 11 is 0. The Morgan fingerprint density at radius 2 is 2.19 bits per heavy atom. The average Bonchev–Trinajstić information content (AvgIpc) is 3.39. The second kappa shape index (κ2) is 7.14. The van der Waals surface area contributed by atoms with Gasteiger partial charge in [-0.3, -0.25) is 4.79 Å². The van der Waals surface area contributed by atoms with E-state index in [1.165, 1.54) is 6.20 Å². The Hall–Kier alpha value is -2.92. The zero-order chi connectivity index (χ0) is 17.9. The van der Waals surface area contributed by atoms with E-state index in [9.17, 15) is 4.79 Å². The molecule has 0 bridgehead atoms. The number of amides is 1. The van der Waals surface area contributed by atoms with Gasteiger partial charge >= 0.3 is 0 Å². The quantitative estimate of drug-likeness (QED) is 0.899. The highest BCUT2D eigenvalue weighted by Gasteiger charge is 2.28. The third-order valence-corrected chi connectivity index (χ3v) is 4.78. The van der Waals surface area contributed by atoms with Crippen LogP contribution in [0.4, 0.5) is 5.95 Å². The van der Waals surface area contributed by atoms with Crippen molar-refractivity contribution in [3.63, 3.8) is 0 Å². The molecular formula is C18H20N6O2. The maximum absolute atomic E-state index is 12.7. The predicted molar refractivity (Wildman–Crippen MR) is 93.6 cm³/mol. The van der Waals surface area contributed by atoms with Gasteiger partial charge in [-0.2, -0.15) is 5.26 Å². The third-order valence-electron chi connectivity index (χ3n) is 4.78. The number of aromatic nitrogens is 3. The molecule has 1 atom stereocenters. The molecule has 1 amide bonds. The van der Waals surface area contributed by atoms with Crippen LogP contribution in [0, 0.1) is 11.3 Å². The van der Waals surface area contributed by atoms with Gasteiger partial charge in [-0.15, -0.1) is 0 Å². The van der Waals surface area contributed by atoms with Crippen LogP contribution >= 0.6 is 0 Å². The van der Waals surface area contributed by atoms with Gasteiger partial charge in [0.15, 0.2) is 0 Å². The van der Waals surface area contributed by atoms with Crippen molar-refractivity contribution in [2.75, 3.05) is 37.7 Å². The molecule has 134 valence electrons. The number of rotatable bonds is 3. The van der Waals surface area contributed by atoms with Gasteiger partial charge in [0.25, 0.3) is 5.91 Å². The molecule has 2 fully saturated rings. The van der Waals surface area contributed by atoms with Crippen molar-refractivity contribution in [3.05, 3.63) is 41.5 Å². The zero-order valence-electron chi connectivity index (χ0n) is 14.4. The van der Waals surface area contributed by atoms with Crippen LogP contribution in [0.25, 0.3) is 0 Å². The number of aromatic amines is 1.